The molecule has 5 nitrogen and oxygen atoms in total. The minimum atomic E-state index is -0.447. The summed E-state index contributed by atoms with van der Waals surface area (Å²) < 4.78 is 3.20. The molecule has 0 spiro atoms. The van der Waals surface area contributed by atoms with Crippen molar-refractivity contribution in [1.29, 1.82) is 0 Å². The first kappa shape index (κ1) is 19.0. The summed E-state index contributed by atoms with van der Waals surface area (Å²) in [7, 11) is 1.76. The van der Waals surface area contributed by atoms with Crippen LogP contribution in [0.25, 0.3) is 11.8 Å². The minimum Gasteiger partial charge on any atom is -0.316 e. The number of hydrogen-bond acceptors (Lipinski definition) is 2. The molecule has 0 aliphatic rings. The Labute approximate surface area is 166 Å². The molecule has 7 heteroatoms. The lowest BCUT2D eigenvalue weighted by Crippen LogP contribution is -2.22. The number of amides is 1. The van der Waals surface area contributed by atoms with Gasteiger partial charge >= 0.3 is 0 Å². The molecule has 1 aromatic heterocycles. The van der Waals surface area contributed by atoms with Gasteiger partial charge in [-0.1, -0.05) is 47.5 Å². The molecule has 2 aromatic carbocycles. The first-order valence-electron chi connectivity index (χ1n) is 8.17. The van der Waals surface area contributed by atoms with Crippen molar-refractivity contribution in [2.75, 3.05) is 5.32 Å². The Morgan fingerprint density at radius 1 is 1.04 bits per heavy atom. The van der Waals surface area contributed by atoms with E-state index in [2.05, 4.69) is 5.32 Å². The fraction of sp³-hybridized carbons (Fsp3) is 0.100. The lowest BCUT2D eigenvalue weighted by Gasteiger charge is -2.07. The minimum absolute atomic E-state index is 0.223. The number of anilines is 1. The zero-order valence-electron chi connectivity index (χ0n) is 14.7. The molecule has 0 saturated heterocycles. The van der Waals surface area contributed by atoms with Gasteiger partial charge in [-0.25, -0.2) is 4.68 Å². The van der Waals surface area contributed by atoms with Gasteiger partial charge in [0.15, 0.2) is 0 Å². The van der Waals surface area contributed by atoms with Gasteiger partial charge in [-0.05, 0) is 37.3 Å². The van der Waals surface area contributed by atoms with Crippen LogP contribution < -0.4 is 10.9 Å². The van der Waals surface area contributed by atoms with Crippen LogP contribution in [-0.4, -0.2) is 15.3 Å². The van der Waals surface area contributed by atoms with E-state index in [1.54, 1.807) is 36.9 Å². The molecule has 3 rings (SSSR count). The van der Waals surface area contributed by atoms with Gasteiger partial charge in [0.1, 0.15) is 5.69 Å². The first-order valence-corrected chi connectivity index (χ1v) is 8.93. The van der Waals surface area contributed by atoms with Crippen LogP contribution in [0.2, 0.25) is 10.0 Å². The largest absolute Gasteiger partial charge is 0.316 e. The number of nitrogens with one attached hydrogen (secondary N) is 1. The van der Waals surface area contributed by atoms with Crippen molar-refractivity contribution >= 4 is 40.9 Å². The standard InChI is InChI=1S/C20H17Cl2N3O2/c1-13-19(20(27)25(24(13)2)14-7-4-3-5-8-14)23-18(26)12-11-15-16(21)9-6-10-17(15)22/h3-12H,1-2H3,(H,23,26)/b12-11+. The van der Waals surface area contributed by atoms with Crippen molar-refractivity contribution in [1.82, 2.24) is 9.36 Å². The van der Waals surface area contributed by atoms with Gasteiger partial charge in [0.05, 0.1) is 11.4 Å². The van der Waals surface area contributed by atoms with Gasteiger partial charge in [-0.15, -0.1) is 0 Å². The fourth-order valence-corrected chi connectivity index (χ4v) is 3.23. The molecule has 1 N–H and O–H groups in total. The predicted octanol–water partition coefficient (Wildman–Crippen LogP) is 4.44. The summed E-state index contributed by atoms with van der Waals surface area (Å²) in [5.74, 6) is -0.447. The summed E-state index contributed by atoms with van der Waals surface area (Å²) in [5.41, 5.74) is 1.82. The number of halogens is 2. The highest BCUT2D eigenvalue weighted by molar-refractivity contribution is 6.37. The van der Waals surface area contributed by atoms with E-state index < -0.39 is 5.91 Å². The molecule has 27 heavy (non-hydrogen) atoms. The van der Waals surface area contributed by atoms with Crippen LogP contribution in [0.1, 0.15) is 11.3 Å². The van der Waals surface area contributed by atoms with E-state index in [4.69, 9.17) is 23.2 Å². The van der Waals surface area contributed by atoms with Gasteiger partial charge in [-0.2, -0.15) is 0 Å². The highest BCUT2D eigenvalue weighted by Gasteiger charge is 2.17. The molecule has 0 saturated carbocycles. The van der Waals surface area contributed by atoms with Crippen LogP contribution in [0.4, 0.5) is 5.69 Å². The number of carbonyl (C=O) groups excluding carboxylic acids is 1. The molecule has 138 valence electrons. The van der Waals surface area contributed by atoms with Crippen LogP contribution in [0.5, 0.6) is 0 Å². The highest BCUT2D eigenvalue weighted by Crippen LogP contribution is 2.25. The molecule has 1 heterocycles. The van der Waals surface area contributed by atoms with E-state index in [1.807, 2.05) is 30.3 Å². The lowest BCUT2D eigenvalue weighted by molar-refractivity contribution is -0.111. The van der Waals surface area contributed by atoms with Gasteiger partial charge in [-0.3, -0.25) is 14.3 Å². The number of hydrogen-bond donors (Lipinski definition) is 1. The highest BCUT2D eigenvalue weighted by atomic mass is 35.5. The van der Waals surface area contributed by atoms with Crippen molar-refractivity contribution in [2.24, 2.45) is 7.05 Å². The normalized spacial score (nSPS) is 11.1. The van der Waals surface area contributed by atoms with Gasteiger partial charge in [0.2, 0.25) is 5.91 Å². The van der Waals surface area contributed by atoms with Crippen LogP contribution in [0.3, 0.4) is 0 Å². The lowest BCUT2D eigenvalue weighted by atomic mass is 10.2. The summed E-state index contributed by atoms with van der Waals surface area (Å²) in [6.07, 6.45) is 2.82. The number of para-hydroxylation sites is 1. The van der Waals surface area contributed by atoms with Crippen molar-refractivity contribution in [3.8, 4) is 5.69 Å². The topological polar surface area (TPSA) is 56.0 Å². The Morgan fingerprint density at radius 3 is 2.30 bits per heavy atom. The molecular weight excluding hydrogens is 385 g/mol. The third-order valence-electron chi connectivity index (χ3n) is 4.20. The second kappa shape index (κ2) is 7.86. The number of aromatic nitrogens is 2. The van der Waals surface area contributed by atoms with E-state index in [0.717, 1.165) is 0 Å². The average Bonchev–Trinajstić information content (AvgIpc) is 2.85. The molecule has 0 radical (unpaired) electrons. The first-order chi connectivity index (χ1) is 12.9. The fourth-order valence-electron chi connectivity index (χ4n) is 2.71. The molecule has 0 aliphatic heterocycles. The van der Waals surface area contributed by atoms with Gasteiger partial charge < -0.3 is 5.32 Å². The Kier molecular flexibility index (Phi) is 5.54. The Hall–Kier alpha value is -2.76. The van der Waals surface area contributed by atoms with Crippen LogP contribution in [0.15, 0.2) is 59.4 Å². The zero-order valence-corrected chi connectivity index (χ0v) is 16.3. The molecular formula is C20H17Cl2N3O2. The smallest absolute Gasteiger partial charge is 0.295 e. The molecule has 0 unspecified atom stereocenters. The van der Waals surface area contributed by atoms with E-state index >= 15 is 0 Å². The van der Waals surface area contributed by atoms with Crippen LogP contribution in [-0.2, 0) is 11.8 Å². The van der Waals surface area contributed by atoms with E-state index in [9.17, 15) is 9.59 Å². The van der Waals surface area contributed by atoms with E-state index in [-0.39, 0.29) is 11.2 Å². The number of carbonyl (C=O) groups is 1. The summed E-state index contributed by atoms with van der Waals surface area (Å²) in [5, 5.41) is 3.53. The second-order valence-corrected chi connectivity index (χ2v) is 6.71. The molecule has 0 bridgehead atoms. The van der Waals surface area contributed by atoms with Gasteiger partial charge in [0, 0.05) is 28.7 Å². The Bertz CT molecular complexity index is 1060. The van der Waals surface area contributed by atoms with Crippen molar-refractivity contribution < 1.29 is 4.79 Å². The summed E-state index contributed by atoms with van der Waals surface area (Å²) >= 11 is 12.2. The van der Waals surface area contributed by atoms with Gasteiger partial charge in [0.25, 0.3) is 5.56 Å². The number of nitrogens with zero attached hydrogens (tertiary/aromatic N) is 2. The quantitative estimate of drug-likeness (QED) is 0.656. The molecule has 1 amide bonds. The van der Waals surface area contributed by atoms with Crippen molar-refractivity contribution in [2.45, 2.75) is 6.92 Å². The number of benzene rings is 2. The van der Waals surface area contributed by atoms with Crippen molar-refractivity contribution in [3.63, 3.8) is 0 Å². The SMILES string of the molecule is Cc1c(NC(=O)/C=C/c2c(Cl)cccc2Cl)c(=O)n(-c2ccccc2)n1C. The Morgan fingerprint density at radius 2 is 1.67 bits per heavy atom. The number of rotatable bonds is 4. The van der Waals surface area contributed by atoms with Crippen molar-refractivity contribution in [3.05, 3.63) is 86.3 Å². The maximum Gasteiger partial charge on any atom is 0.295 e. The molecule has 3 aromatic rings. The predicted molar refractivity (Wildman–Crippen MR) is 110 cm³/mol. The van der Waals surface area contributed by atoms with Crippen LogP contribution in [0, 0.1) is 6.92 Å². The Balaban J connectivity index is 1.89. The maximum absolute atomic E-state index is 12.8. The average molecular weight is 402 g/mol. The van der Waals surface area contributed by atoms with Crippen LogP contribution >= 0.6 is 23.2 Å². The van der Waals surface area contributed by atoms with E-state index in [0.29, 0.717) is 27.0 Å². The zero-order chi connectivity index (χ0) is 19.6. The van der Waals surface area contributed by atoms with E-state index in [1.165, 1.54) is 16.8 Å². The molecule has 0 atom stereocenters. The third-order valence-corrected chi connectivity index (χ3v) is 4.86. The summed E-state index contributed by atoms with van der Waals surface area (Å²) in [6, 6.07) is 14.3. The second-order valence-electron chi connectivity index (χ2n) is 5.89. The monoisotopic (exact) mass is 401 g/mol. The summed E-state index contributed by atoms with van der Waals surface area (Å²) in [4.78, 5) is 25.1. The summed E-state index contributed by atoms with van der Waals surface area (Å²) in [6.45, 7) is 1.77. The maximum atomic E-state index is 12.8. The molecule has 0 aliphatic carbocycles. The third kappa shape index (κ3) is 3.84. The molecule has 0 fully saturated rings.